The Morgan fingerprint density at radius 3 is 1.62 bits per heavy atom. The van der Waals surface area contributed by atoms with Crippen LogP contribution < -0.4 is 0 Å². The van der Waals surface area contributed by atoms with Gasteiger partial charge in [0.2, 0.25) is 0 Å². The van der Waals surface area contributed by atoms with Crippen LogP contribution in [0, 0.1) is 0 Å². The van der Waals surface area contributed by atoms with Gasteiger partial charge in [-0.25, -0.2) is 9.78 Å². The lowest BCUT2D eigenvalue weighted by Gasteiger charge is -2.08. The number of hydrogen-bond acceptors (Lipinski definition) is 4. The Balaban J connectivity index is 3.09. The molecule has 0 aromatic carbocycles. The standard InChI is InChI=1S/C10H22ClO4P/c1-3-5-7-9-12-14-16(11)15-13-10-8-6-4-2/h3-10H2,1-2H3. The minimum absolute atomic E-state index is 0.540. The van der Waals surface area contributed by atoms with E-state index < -0.39 is 7.73 Å². The maximum absolute atomic E-state index is 5.68. The highest BCUT2D eigenvalue weighted by Crippen LogP contribution is 2.44. The van der Waals surface area contributed by atoms with Crippen molar-refractivity contribution in [3.63, 3.8) is 0 Å². The Morgan fingerprint density at radius 2 is 1.25 bits per heavy atom. The molecule has 0 saturated carbocycles. The molecule has 0 radical (unpaired) electrons. The van der Waals surface area contributed by atoms with E-state index in [0.29, 0.717) is 13.2 Å². The fourth-order valence-electron chi connectivity index (χ4n) is 0.992. The lowest BCUT2D eigenvalue weighted by molar-refractivity contribution is -0.252. The van der Waals surface area contributed by atoms with Crippen molar-refractivity contribution in [1.82, 2.24) is 0 Å². The van der Waals surface area contributed by atoms with Crippen LogP contribution in [0.3, 0.4) is 0 Å². The van der Waals surface area contributed by atoms with E-state index in [9.17, 15) is 0 Å². The first-order valence-electron chi connectivity index (χ1n) is 5.86. The average molecular weight is 273 g/mol. The molecule has 6 heteroatoms. The molecule has 0 rings (SSSR count). The Hall–Kier alpha value is 0.560. The predicted molar refractivity (Wildman–Crippen MR) is 65.9 cm³/mol. The molecule has 0 aromatic rings. The summed E-state index contributed by atoms with van der Waals surface area (Å²) in [6.45, 7) is 5.34. The van der Waals surface area contributed by atoms with Crippen LogP contribution in [0.5, 0.6) is 0 Å². The van der Waals surface area contributed by atoms with Gasteiger partial charge in [-0.3, -0.25) is 0 Å². The van der Waals surface area contributed by atoms with E-state index >= 15 is 0 Å². The molecule has 16 heavy (non-hydrogen) atoms. The first-order valence-corrected chi connectivity index (χ1v) is 7.94. The van der Waals surface area contributed by atoms with E-state index in [1.165, 1.54) is 0 Å². The molecule has 0 atom stereocenters. The predicted octanol–water partition coefficient (Wildman–Crippen LogP) is 4.73. The van der Waals surface area contributed by atoms with E-state index in [1.54, 1.807) is 0 Å². The lowest BCUT2D eigenvalue weighted by atomic mass is 10.3. The molecule has 0 aromatic heterocycles. The smallest absolute Gasteiger partial charge is 0.230 e. The zero-order chi connectivity index (χ0) is 12.1. The van der Waals surface area contributed by atoms with E-state index in [0.717, 1.165) is 38.5 Å². The first-order chi connectivity index (χ1) is 7.81. The Kier molecular flexibility index (Phi) is 14.1. The maximum atomic E-state index is 5.68. The second kappa shape index (κ2) is 13.6. The fraction of sp³-hybridized carbons (Fsp3) is 1.00. The Bertz CT molecular complexity index is 126. The summed E-state index contributed by atoms with van der Waals surface area (Å²) in [4.78, 5) is 9.74. The third-order valence-electron chi connectivity index (χ3n) is 1.89. The third kappa shape index (κ3) is 12.6. The van der Waals surface area contributed by atoms with Gasteiger partial charge in [-0.1, -0.05) is 39.5 Å². The molecule has 0 N–H and O–H groups in total. The topological polar surface area (TPSA) is 36.9 Å². The summed E-state index contributed by atoms with van der Waals surface area (Å²) >= 11 is 5.68. The van der Waals surface area contributed by atoms with Crippen LogP contribution in [-0.4, -0.2) is 13.2 Å². The van der Waals surface area contributed by atoms with Gasteiger partial charge >= 0.3 is 7.73 Å². The molecule has 0 aliphatic carbocycles. The highest BCUT2D eigenvalue weighted by Gasteiger charge is 2.08. The number of hydrogen-bond donors (Lipinski definition) is 0. The molecule has 0 unspecified atom stereocenters. The van der Waals surface area contributed by atoms with Gasteiger partial charge in [-0.2, -0.15) is 9.35 Å². The summed E-state index contributed by atoms with van der Waals surface area (Å²) in [6, 6.07) is 0. The molecule has 0 saturated heterocycles. The molecule has 0 fully saturated rings. The third-order valence-corrected chi connectivity index (χ3v) is 2.67. The van der Waals surface area contributed by atoms with Crippen LogP contribution in [0.4, 0.5) is 0 Å². The molecule has 0 aliphatic heterocycles. The van der Waals surface area contributed by atoms with Crippen molar-refractivity contribution >= 4 is 19.0 Å². The van der Waals surface area contributed by atoms with Crippen molar-refractivity contribution in [2.24, 2.45) is 0 Å². The Labute approximate surface area is 104 Å². The molecule has 0 aliphatic rings. The van der Waals surface area contributed by atoms with Crippen molar-refractivity contribution in [2.75, 3.05) is 13.2 Å². The molecule has 0 amide bonds. The SMILES string of the molecule is CCCCCOOP(Cl)OOCCCCC. The van der Waals surface area contributed by atoms with E-state index in [-0.39, 0.29) is 0 Å². The van der Waals surface area contributed by atoms with Gasteiger partial charge in [0.15, 0.2) is 0 Å². The normalized spacial score (nSPS) is 11.2. The summed E-state index contributed by atoms with van der Waals surface area (Å²) in [5.41, 5.74) is 0. The quantitative estimate of drug-likeness (QED) is 0.223. The highest BCUT2D eigenvalue weighted by molar-refractivity contribution is 7.75. The number of halogens is 1. The molecule has 98 valence electrons. The summed E-state index contributed by atoms with van der Waals surface area (Å²) in [5.74, 6) is 0. The van der Waals surface area contributed by atoms with Crippen LogP contribution in [0.2, 0.25) is 0 Å². The van der Waals surface area contributed by atoms with Crippen LogP contribution in [0.15, 0.2) is 0 Å². The van der Waals surface area contributed by atoms with Gasteiger partial charge in [0.05, 0.1) is 13.2 Å². The van der Waals surface area contributed by atoms with Crippen molar-refractivity contribution in [3.05, 3.63) is 0 Å². The van der Waals surface area contributed by atoms with Crippen LogP contribution >= 0.6 is 19.0 Å². The van der Waals surface area contributed by atoms with Gasteiger partial charge in [-0.05, 0) is 24.1 Å². The van der Waals surface area contributed by atoms with Crippen molar-refractivity contribution in [3.8, 4) is 0 Å². The van der Waals surface area contributed by atoms with Crippen molar-refractivity contribution < 1.29 is 19.1 Å². The zero-order valence-electron chi connectivity index (χ0n) is 10.1. The maximum Gasteiger partial charge on any atom is 0.341 e. The van der Waals surface area contributed by atoms with Gasteiger partial charge in [0, 0.05) is 0 Å². The summed E-state index contributed by atoms with van der Waals surface area (Å²) in [6.07, 6.45) is 6.48. The average Bonchev–Trinajstić information content (AvgIpc) is 2.28. The highest BCUT2D eigenvalue weighted by atomic mass is 35.7. The monoisotopic (exact) mass is 272 g/mol. The largest absolute Gasteiger partial charge is 0.341 e. The second-order valence-electron chi connectivity index (χ2n) is 3.42. The number of rotatable bonds is 12. The summed E-state index contributed by atoms with van der Waals surface area (Å²) in [7, 11) is -1.59. The lowest BCUT2D eigenvalue weighted by Crippen LogP contribution is -1.96. The molecule has 4 nitrogen and oxygen atoms in total. The van der Waals surface area contributed by atoms with Gasteiger partial charge in [-0.15, -0.1) is 0 Å². The van der Waals surface area contributed by atoms with Gasteiger partial charge < -0.3 is 0 Å². The van der Waals surface area contributed by atoms with E-state index in [1.807, 2.05) is 0 Å². The fourth-order valence-corrected chi connectivity index (χ4v) is 1.57. The van der Waals surface area contributed by atoms with E-state index in [2.05, 4.69) is 13.8 Å². The minimum Gasteiger partial charge on any atom is -0.230 e. The van der Waals surface area contributed by atoms with Crippen LogP contribution in [0.1, 0.15) is 52.4 Å². The van der Waals surface area contributed by atoms with Crippen LogP contribution in [0.25, 0.3) is 0 Å². The zero-order valence-corrected chi connectivity index (χ0v) is 11.8. The molecule has 0 bridgehead atoms. The van der Waals surface area contributed by atoms with E-state index in [4.69, 9.17) is 30.4 Å². The van der Waals surface area contributed by atoms with Crippen LogP contribution in [-0.2, 0) is 19.1 Å². The molecule has 0 spiro atoms. The minimum atomic E-state index is -1.59. The summed E-state index contributed by atoms with van der Waals surface area (Å²) in [5, 5.41) is 0. The summed E-state index contributed by atoms with van der Waals surface area (Å²) < 4.78 is 9.56. The van der Waals surface area contributed by atoms with Crippen molar-refractivity contribution in [2.45, 2.75) is 52.4 Å². The first kappa shape index (κ1) is 16.6. The van der Waals surface area contributed by atoms with Crippen molar-refractivity contribution in [1.29, 1.82) is 0 Å². The molecular formula is C10H22ClO4P. The second-order valence-corrected chi connectivity index (χ2v) is 4.97. The Morgan fingerprint density at radius 1 is 0.812 bits per heavy atom. The number of unbranched alkanes of at least 4 members (excludes halogenated alkanes) is 4. The van der Waals surface area contributed by atoms with Gasteiger partial charge in [0.1, 0.15) is 0 Å². The molecular weight excluding hydrogens is 251 g/mol. The molecule has 0 heterocycles. The van der Waals surface area contributed by atoms with Gasteiger partial charge in [0.25, 0.3) is 0 Å².